The highest BCUT2D eigenvalue weighted by molar-refractivity contribution is 5.94. The molecule has 0 unspecified atom stereocenters. The first-order valence-electron chi connectivity index (χ1n) is 6.84. The van der Waals surface area contributed by atoms with Gasteiger partial charge in [-0.05, 0) is 49.2 Å². The second-order valence-electron chi connectivity index (χ2n) is 4.90. The molecule has 0 aliphatic rings. The summed E-state index contributed by atoms with van der Waals surface area (Å²) in [5.74, 6) is 0.738. The molecule has 4 heteroatoms. The highest BCUT2D eigenvalue weighted by Gasteiger charge is 2.05. The van der Waals surface area contributed by atoms with E-state index in [0.717, 1.165) is 28.3 Å². The van der Waals surface area contributed by atoms with E-state index in [-0.39, 0.29) is 12.5 Å². The first-order valence-corrected chi connectivity index (χ1v) is 6.84. The Morgan fingerprint density at radius 1 is 1.05 bits per heavy atom. The third-order valence-corrected chi connectivity index (χ3v) is 3.29. The summed E-state index contributed by atoms with van der Waals surface area (Å²) in [6.07, 6.45) is 0. The van der Waals surface area contributed by atoms with E-state index < -0.39 is 0 Å². The zero-order valence-electron chi connectivity index (χ0n) is 12.6. The van der Waals surface area contributed by atoms with Gasteiger partial charge in [0.1, 0.15) is 5.75 Å². The number of ether oxygens (including phenoxy) is 1. The van der Waals surface area contributed by atoms with Gasteiger partial charge in [-0.25, -0.2) is 0 Å². The van der Waals surface area contributed by atoms with Crippen LogP contribution in [0.4, 0.5) is 11.4 Å². The number of amides is 1. The summed E-state index contributed by atoms with van der Waals surface area (Å²) in [5.41, 5.74) is 3.86. The normalized spacial score (nSPS) is 10.0. The molecule has 0 spiro atoms. The molecule has 2 N–H and O–H groups in total. The van der Waals surface area contributed by atoms with Crippen molar-refractivity contribution in [2.24, 2.45) is 0 Å². The van der Waals surface area contributed by atoms with Crippen LogP contribution in [0.2, 0.25) is 0 Å². The fourth-order valence-corrected chi connectivity index (χ4v) is 2.04. The monoisotopic (exact) mass is 284 g/mol. The van der Waals surface area contributed by atoms with E-state index in [0.29, 0.717) is 0 Å². The van der Waals surface area contributed by atoms with Gasteiger partial charge in [0, 0.05) is 11.4 Å². The Morgan fingerprint density at radius 2 is 1.81 bits per heavy atom. The first kappa shape index (κ1) is 14.9. The van der Waals surface area contributed by atoms with Crippen LogP contribution in [0.25, 0.3) is 0 Å². The quantitative estimate of drug-likeness (QED) is 0.885. The zero-order valence-corrected chi connectivity index (χ0v) is 12.6. The second kappa shape index (κ2) is 6.79. The van der Waals surface area contributed by atoms with E-state index in [1.165, 1.54) is 0 Å². The average molecular weight is 284 g/mol. The van der Waals surface area contributed by atoms with Crippen molar-refractivity contribution in [1.82, 2.24) is 0 Å². The summed E-state index contributed by atoms with van der Waals surface area (Å²) in [5, 5.41) is 6.03. The summed E-state index contributed by atoms with van der Waals surface area (Å²) in [7, 11) is 1.64. The van der Waals surface area contributed by atoms with Gasteiger partial charge in [-0.15, -0.1) is 0 Å². The van der Waals surface area contributed by atoms with Crippen LogP contribution in [0.1, 0.15) is 11.1 Å². The highest BCUT2D eigenvalue weighted by atomic mass is 16.5. The molecule has 1 amide bonds. The van der Waals surface area contributed by atoms with Crippen molar-refractivity contribution in [2.45, 2.75) is 13.8 Å². The third-order valence-electron chi connectivity index (χ3n) is 3.29. The molecule has 0 aromatic heterocycles. The Morgan fingerprint density at radius 3 is 2.48 bits per heavy atom. The number of benzene rings is 2. The lowest BCUT2D eigenvalue weighted by Gasteiger charge is -2.12. The Balaban J connectivity index is 1.94. The van der Waals surface area contributed by atoms with Crippen LogP contribution in [0.3, 0.4) is 0 Å². The molecule has 0 aliphatic carbocycles. The number of methoxy groups -OCH3 is 1. The molecule has 0 radical (unpaired) electrons. The average Bonchev–Trinajstić information content (AvgIpc) is 2.48. The van der Waals surface area contributed by atoms with Crippen molar-refractivity contribution < 1.29 is 9.53 Å². The van der Waals surface area contributed by atoms with Crippen LogP contribution in [0.15, 0.2) is 42.5 Å². The van der Waals surface area contributed by atoms with Gasteiger partial charge in [0.2, 0.25) is 5.91 Å². The molecule has 0 fully saturated rings. The van der Waals surface area contributed by atoms with Crippen molar-refractivity contribution >= 4 is 17.3 Å². The molecule has 0 heterocycles. The number of aryl methyl sites for hydroxylation is 2. The van der Waals surface area contributed by atoms with E-state index in [1.807, 2.05) is 56.3 Å². The standard InChI is InChI=1S/C17H20N2O2/c1-12-6-4-5-7-16(12)19-17(20)11-18-15-9-8-14(21-3)10-13(15)2/h4-10,18H,11H2,1-3H3,(H,19,20). The van der Waals surface area contributed by atoms with Crippen LogP contribution in [0.5, 0.6) is 5.75 Å². The lowest BCUT2D eigenvalue weighted by molar-refractivity contribution is -0.114. The summed E-state index contributed by atoms with van der Waals surface area (Å²) in [6, 6.07) is 13.4. The van der Waals surface area contributed by atoms with Crippen molar-refractivity contribution in [1.29, 1.82) is 0 Å². The van der Waals surface area contributed by atoms with Gasteiger partial charge in [0.05, 0.1) is 13.7 Å². The van der Waals surface area contributed by atoms with Gasteiger partial charge in [0.25, 0.3) is 0 Å². The zero-order chi connectivity index (χ0) is 15.2. The Hall–Kier alpha value is -2.49. The Labute approximate surface area is 125 Å². The Bertz CT molecular complexity index is 638. The maximum atomic E-state index is 12.0. The molecule has 0 saturated heterocycles. The molecule has 4 nitrogen and oxygen atoms in total. The molecule has 2 aromatic rings. The van der Waals surface area contributed by atoms with Gasteiger partial charge < -0.3 is 15.4 Å². The van der Waals surface area contributed by atoms with Crippen molar-refractivity contribution in [3.8, 4) is 5.75 Å². The van der Waals surface area contributed by atoms with Crippen molar-refractivity contribution in [3.05, 3.63) is 53.6 Å². The summed E-state index contributed by atoms with van der Waals surface area (Å²) < 4.78 is 5.16. The van der Waals surface area contributed by atoms with Crippen molar-refractivity contribution in [2.75, 3.05) is 24.3 Å². The van der Waals surface area contributed by atoms with Crippen molar-refractivity contribution in [3.63, 3.8) is 0 Å². The van der Waals surface area contributed by atoms with Gasteiger partial charge in [0.15, 0.2) is 0 Å². The van der Waals surface area contributed by atoms with Crippen LogP contribution in [-0.4, -0.2) is 19.6 Å². The highest BCUT2D eigenvalue weighted by Crippen LogP contribution is 2.20. The predicted octanol–water partition coefficient (Wildman–Crippen LogP) is 3.36. The molecule has 110 valence electrons. The summed E-state index contributed by atoms with van der Waals surface area (Å²) in [4.78, 5) is 12.0. The number of nitrogens with one attached hydrogen (secondary N) is 2. The van der Waals surface area contributed by atoms with E-state index in [9.17, 15) is 4.79 Å². The number of anilines is 2. The summed E-state index contributed by atoms with van der Waals surface area (Å²) in [6.45, 7) is 4.17. The predicted molar refractivity (Wildman–Crippen MR) is 86.0 cm³/mol. The second-order valence-corrected chi connectivity index (χ2v) is 4.90. The summed E-state index contributed by atoms with van der Waals surface area (Å²) >= 11 is 0. The van der Waals surface area contributed by atoms with Crippen LogP contribution in [-0.2, 0) is 4.79 Å². The largest absolute Gasteiger partial charge is 0.497 e. The van der Waals surface area contributed by atoms with E-state index in [2.05, 4.69) is 10.6 Å². The van der Waals surface area contributed by atoms with Crippen LogP contribution in [0, 0.1) is 13.8 Å². The maximum Gasteiger partial charge on any atom is 0.243 e. The van der Waals surface area contributed by atoms with Gasteiger partial charge in [-0.3, -0.25) is 4.79 Å². The minimum Gasteiger partial charge on any atom is -0.497 e. The third kappa shape index (κ3) is 3.99. The lowest BCUT2D eigenvalue weighted by Crippen LogP contribution is -2.22. The fraction of sp³-hybridized carbons (Fsp3) is 0.235. The maximum absolute atomic E-state index is 12.0. The van der Waals surface area contributed by atoms with Gasteiger partial charge in [-0.2, -0.15) is 0 Å². The molecule has 2 aromatic carbocycles. The number of rotatable bonds is 5. The number of hydrogen-bond acceptors (Lipinski definition) is 3. The van der Waals surface area contributed by atoms with E-state index >= 15 is 0 Å². The molecule has 0 atom stereocenters. The topological polar surface area (TPSA) is 50.4 Å². The van der Waals surface area contributed by atoms with Crippen LogP contribution >= 0.6 is 0 Å². The molecular formula is C17H20N2O2. The van der Waals surface area contributed by atoms with E-state index in [4.69, 9.17) is 4.74 Å². The number of hydrogen-bond donors (Lipinski definition) is 2. The minimum absolute atomic E-state index is 0.0699. The molecule has 0 bridgehead atoms. The fourth-order valence-electron chi connectivity index (χ4n) is 2.04. The van der Waals surface area contributed by atoms with Gasteiger partial charge in [-0.1, -0.05) is 18.2 Å². The molecule has 2 rings (SSSR count). The lowest BCUT2D eigenvalue weighted by atomic mass is 10.2. The smallest absolute Gasteiger partial charge is 0.243 e. The molecule has 21 heavy (non-hydrogen) atoms. The molecular weight excluding hydrogens is 264 g/mol. The number of carbonyl (C=O) groups excluding carboxylic acids is 1. The van der Waals surface area contributed by atoms with E-state index in [1.54, 1.807) is 7.11 Å². The first-order chi connectivity index (χ1) is 10.1. The van der Waals surface area contributed by atoms with Gasteiger partial charge >= 0.3 is 0 Å². The Kier molecular flexibility index (Phi) is 4.82. The molecule has 0 aliphatic heterocycles. The number of carbonyl (C=O) groups is 1. The number of para-hydroxylation sites is 1. The van der Waals surface area contributed by atoms with Crippen LogP contribution < -0.4 is 15.4 Å². The molecule has 0 saturated carbocycles. The minimum atomic E-state index is -0.0699. The SMILES string of the molecule is COc1ccc(NCC(=O)Nc2ccccc2C)c(C)c1.